The van der Waals surface area contributed by atoms with E-state index in [4.69, 9.17) is 4.74 Å². The Bertz CT molecular complexity index is 333. The molecule has 0 aliphatic carbocycles. The molecule has 0 spiro atoms. The van der Waals surface area contributed by atoms with Crippen LogP contribution < -0.4 is 10.1 Å². The Morgan fingerprint density at radius 3 is 2.65 bits per heavy atom. The van der Waals surface area contributed by atoms with Crippen molar-refractivity contribution in [1.82, 2.24) is 5.32 Å². The molecule has 2 nitrogen and oxygen atoms in total. The normalized spacial score (nSPS) is 11.8. The Kier molecular flexibility index (Phi) is 8.48. The average Bonchev–Trinajstić information content (AvgIpc) is 2.35. The average molecular weight is 276 g/mol. The Morgan fingerprint density at radius 1 is 1.41 bits per heavy atom. The highest BCUT2D eigenvalue weighted by Crippen LogP contribution is 2.28. The Hall–Kier alpha value is -0.380. The Labute approximate surface area is 115 Å². The van der Waals surface area contributed by atoms with Gasteiger partial charge in [-0.1, -0.05) is 13.0 Å². The summed E-state index contributed by atoms with van der Waals surface area (Å²) in [6.07, 6.45) is 3.22. The number of thioether (sulfide) groups is 1. The van der Waals surface area contributed by atoms with E-state index in [-0.39, 0.29) is 12.4 Å². The standard InChI is InChI=1S/C13H21NOS.ClH/c1-5-10(2)14-9-11-6-7-13(16-4)12(8-11)15-3;/h6-8,10,14H,5,9H2,1-4H3;1H. The number of hydrogen-bond donors (Lipinski definition) is 1. The van der Waals surface area contributed by atoms with Crippen LogP contribution in [0.3, 0.4) is 0 Å². The zero-order valence-electron chi connectivity index (χ0n) is 10.9. The van der Waals surface area contributed by atoms with Crippen LogP contribution in [0.4, 0.5) is 0 Å². The second-order valence-electron chi connectivity index (χ2n) is 3.88. The molecule has 1 aromatic rings. The summed E-state index contributed by atoms with van der Waals surface area (Å²) in [7, 11) is 1.72. The van der Waals surface area contributed by atoms with Crippen molar-refractivity contribution in [2.24, 2.45) is 0 Å². The van der Waals surface area contributed by atoms with Gasteiger partial charge in [-0.3, -0.25) is 0 Å². The molecular formula is C13H22ClNOS. The van der Waals surface area contributed by atoms with Crippen LogP contribution in [0.5, 0.6) is 5.75 Å². The molecule has 1 N–H and O–H groups in total. The van der Waals surface area contributed by atoms with E-state index in [1.165, 1.54) is 10.5 Å². The second kappa shape index (κ2) is 8.67. The summed E-state index contributed by atoms with van der Waals surface area (Å²) in [5.41, 5.74) is 1.27. The minimum absolute atomic E-state index is 0. The molecule has 1 atom stereocenters. The predicted molar refractivity (Wildman–Crippen MR) is 78.6 cm³/mol. The summed E-state index contributed by atoms with van der Waals surface area (Å²) >= 11 is 1.71. The molecule has 0 aromatic heterocycles. The fourth-order valence-electron chi connectivity index (χ4n) is 1.43. The van der Waals surface area contributed by atoms with E-state index in [1.54, 1.807) is 18.9 Å². The van der Waals surface area contributed by atoms with Gasteiger partial charge >= 0.3 is 0 Å². The highest BCUT2D eigenvalue weighted by atomic mass is 35.5. The zero-order chi connectivity index (χ0) is 12.0. The van der Waals surface area contributed by atoms with Crippen LogP contribution in [-0.4, -0.2) is 19.4 Å². The van der Waals surface area contributed by atoms with Gasteiger partial charge in [0, 0.05) is 17.5 Å². The third-order valence-corrected chi connectivity index (χ3v) is 3.49. The van der Waals surface area contributed by atoms with E-state index in [0.29, 0.717) is 6.04 Å². The molecule has 17 heavy (non-hydrogen) atoms. The monoisotopic (exact) mass is 275 g/mol. The van der Waals surface area contributed by atoms with Crippen LogP contribution in [0, 0.1) is 0 Å². The van der Waals surface area contributed by atoms with Crippen LogP contribution in [0.2, 0.25) is 0 Å². The first kappa shape index (κ1) is 16.6. The van der Waals surface area contributed by atoms with E-state index >= 15 is 0 Å². The first-order valence-corrected chi connectivity index (χ1v) is 6.88. The first-order valence-electron chi connectivity index (χ1n) is 5.65. The lowest BCUT2D eigenvalue weighted by atomic mass is 10.2. The highest BCUT2D eigenvalue weighted by molar-refractivity contribution is 7.98. The van der Waals surface area contributed by atoms with Crippen molar-refractivity contribution in [1.29, 1.82) is 0 Å². The predicted octanol–water partition coefficient (Wildman–Crippen LogP) is 3.73. The van der Waals surface area contributed by atoms with E-state index in [0.717, 1.165) is 18.7 Å². The molecule has 0 aliphatic rings. The molecule has 0 aliphatic heterocycles. The molecule has 0 saturated carbocycles. The van der Waals surface area contributed by atoms with Gasteiger partial charge in [0.15, 0.2) is 0 Å². The van der Waals surface area contributed by atoms with Gasteiger partial charge in [-0.25, -0.2) is 0 Å². The van der Waals surface area contributed by atoms with Crippen LogP contribution >= 0.6 is 24.2 Å². The maximum absolute atomic E-state index is 5.36. The molecule has 0 saturated heterocycles. The van der Waals surface area contributed by atoms with Crippen molar-refractivity contribution < 1.29 is 4.74 Å². The number of ether oxygens (including phenoxy) is 1. The number of hydrogen-bond acceptors (Lipinski definition) is 3. The van der Waals surface area contributed by atoms with Crippen LogP contribution in [0.1, 0.15) is 25.8 Å². The number of halogens is 1. The molecule has 1 rings (SSSR count). The lowest BCUT2D eigenvalue weighted by molar-refractivity contribution is 0.403. The molecule has 98 valence electrons. The quantitative estimate of drug-likeness (QED) is 0.800. The topological polar surface area (TPSA) is 21.3 Å². The first-order chi connectivity index (χ1) is 7.71. The molecule has 0 radical (unpaired) electrons. The summed E-state index contributed by atoms with van der Waals surface area (Å²) < 4.78 is 5.36. The van der Waals surface area contributed by atoms with Gasteiger partial charge in [-0.15, -0.1) is 24.2 Å². The van der Waals surface area contributed by atoms with Crippen LogP contribution in [-0.2, 0) is 6.54 Å². The highest BCUT2D eigenvalue weighted by Gasteiger charge is 2.04. The van der Waals surface area contributed by atoms with Crippen molar-refractivity contribution in [3.05, 3.63) is 23.8 Å². The summed E-state index contributed by atoms with van der Waals surface area (Å²) in [5, 5.41) is 3.48. The maximum atomic E-state index is 5.36. The molecule has 1 aromatic carbocycles. The van der Waals surface area contributed by atoms with Gasteiger partial charge in [0.1, 0.15) is 5.75 Å². The molecule has 0 bridgehead atoms. The molecular weight excluding hydrogens is 254 g/mol. The molecule has 0 fully saturated rings. The summed E-state index contributed by atoms with van der Waals surface area (Å²) in [4.78, 5) is 1.19. The van der Waals surface area contributed by atoms with E-state index < -0.39 is 0 Å². The number of benzene rings is 1. The third-order valence-electron chi connectivity index (χ3n) is 2.71. The molecule has 0 amide bonds. The SMILES string of the molecule is CCC(C)NCc1ccc(SC)c(OC)c1.Cl. The summed E-state index contributed by atoms with van der Waals surface area (Å²) in [6, 6.07) is 6.95. The summed E-state index contributed by atoms with van der Waals surface area (Å²) in [5.74, 6) is 0.968. The van der Waals surface area contributed by atoms with Crippen LogP contribution in [0.15, 0.2) is 23.1 Å². The number of methoxy groups -OCH3 is 1. The fourth-order valence-corrected chi connectivity index (χ4v) is 1.97. The van der Waals surface area contributed by atoms with Crippen molar-refractivity contribution in [2.45, 2.75) is 37.8 Å². The maximum Gasteiger partial charge on any atom is 0.132 e. The van der Waals surface area contributed by atoms with Gasteiger partial charge in [0.2, 0.25) is 0 Å². The smallest absolute Gasteiger partial charge is 0.132 e. The lowest BCUT2D eigenvalue weighted by Crippen LogP contribution is -2.24. The Morgan fingerprint density at radius 2 is 2.12 bits per heavy atom. The minimum atomic E-state index is 0. The van der Waals surface area contributed by atoms with Crippen molar-refractivity contribution >= 4 is 24.2 Å². The zero-order valence-corrected chi connectivity index (χ0v) is 12.6. The third kappa shape index (κ3) is 5.19. The minimum Gasteiger partial charge on any atom is -0.496 e. The van der Waals surface area contributed by atoms with Gasteiger partial charge in [0.25, 0.3) is 0 Å². The molecule has 1 unspecified atom stereocenters. The van der Waals surface area contributed by atoms with Crippen LogP contribution in [0.25, 0.3) is 0 Å². The van der Waals surface area contributed by atoms with Gasteiger partial charge in [0.05, 0.1) is 7.11 Å². The van der Waals surface area contributed by atoms with Gasteiger partial charge in [-0.05, 0) is 37.3 Å². The summed E-state index contributed by atoms with van der Waals surface area (Å²) in [6.45, 7) is 5.29. The molecule has 0 heterocycles. The second-order valence-corrected chi connectivity index (χ2v) is 4.73. The van der Waals surface area contributed by atoms with E-state index in [1.807, 2.05) is 0 Å². The number of rotatable bonds is 6. The Balaban J connectivity index is 0.00000256. The van der Waals surface area contributed by atoms with E-state index in [2.05, 4.69) is 43.6 Å². The van der Waals surface area contributed by atoms with Gasteiger partial charge < -0.3 is 10.1 Å². The van der Waals surface area contributed by atoms with Crippen molar-refractivity contribution in [3.8, 4) is 5.75 Å². The fraction of sp³-hybridized carbons (Fsp3) is 0.538. The largest absolute Gasteiger partial charge is 0.496 e. The number of nitrogens with one attached hydrogen (secondary N) is 1. The lowest BCUT2D eigenvalue weighted by Gasteiger charge is -2.13. The van der Waals surface area contributed by atoms with Crippen molar-refractivity contribution in [3.63, 3.8) is 0 Å². The van der Waals surface area contributed by atoms with E-state index in [9.17, 15) is 0 Å². The molecule has 4 heteroatoms. The van der Waals surface area contributed by atoms with Crippen molar-refractivity contribution in [2.75, 3.05) is 13.4 Å². The van der Waals surface area contributed by atoms with Gasteiger partial charge in [-0.2, -0.15) is 0 Å².